The van der Waals surface area contributed by atoms with Crippen molar-refractivity contribution in [2.75, 3.05) is 5.75 Å². The molecular formula is C15H19N3S. The summed E-state index contributed by atoms with van der Waals surface area (Å²) in [5.74, 6) is 1.46. The lowest BCUT2D eigenvalue weighted by Crippen LogP contribution is -2.23. The van der Waals surface area contributed by atoms with Crippen LogP contribution in [0.5, 0.6) is 0 Å². The Hall–Kier alpha value is -1.26. The SMILES string of the molecule is CCCn1nccc1C(N)C1CSc2ccccc21. The van der Waals surface area contributed by atoms with Crippen LogP contribution >= 0.6 is 11.8 Å². The molecule has 1 aromatic carbocycles. The van der Waals surface area contributed by atoms with E-state index in [2.05, 4.69) is 47.0 Å². The standard InChI is InChI=1S/C15H19N3S/c1-2-9-18-13(7-8-17-18)15(16)12-10-19-14-6-4-3-5-11(12)14/h3-8,12,15H,2,9-10,16H2,1H3. The lowest BCUT2D eigenvalue weighted by Gasteiger charge is -2.20. The predicted molar refractivity (Wildman–Crippen MR) is 79.4 cm³/mol. The van der Waals surface area contributed by atoms with Crippen molar-refractivity contribution < 1.29 is 0 Å². The largest absolute Gasteiger partial charge is 0.322 e. The van der Waals surface area contributed by atoms with Crippen molar-refractivity contribution in [3.63, 3.8) is 0 Å². The highest BCUT2D eigenvalue weighted by Crippen LogP contribution is 2.44. The predicted octanol–water partition coefficient (Wildman–Crippen LogP) is 3.18. The van der Waals surface area contributed by atoms with Gasteiger partial charge in [-0.1, -0.05) is 25.1 Å². The van der Waals surface area contributed by atoms with Crippen LogP contribution in [0.1, 0.15) is 36.6 Å². The Morgan fingerprint density at radius 3 is 3.11 bits per heavy atom. The Kier molecular flexibility index (Phi) is 3.62. The molecule has 2 aromatic rings. The van der Waals surface area contributed by atoms with Gasteiger partial charge in [0.25, 0.3) is 0 Å². The molecule has 2 atom stereocenters. The molecule has 1 aliphatic rings. The second-order valence-corrected chi connectivity index (χ2v) is 6.02. The minimum absolute atomic E-state index is 0.0326. The molecule has 19 heavy (non-hydrogen) atoms. The van der Waals surface area contributed by atoms with Crippen LogP contribution in [0, 0.1) is 0 Å². The zero-order chi connectivity index (χ0) is 13.2. The van der Waals surface area contributed by atoms with Gasteiger partial charge in [-0.15, -0.1) is 11.8 Å². The van der Waals surface area contributed by atoms with Crippen molar-refractivity contribution in [3.05, 3.63) is 47.8 Å². The summed E-state index contributed by atoms with van der Waals surface area (Å²) in [4.78, 5) is 1.38. The first kappa shape index (κ1) is 12.8. The van der Waals surface area contributed by atoms with E-state index in [4.69, 9.17) is 5.73 Å². The van der Waals surface area contributed by atoms with Crippen molar-refractivity contribution in [2.45, 2.75) is 36.7 Å². The van der Waals surface area contributed by atoms with Crippen LogP contribution in [0.15, 0.2) is 41.4 Å². The van der Waals surface area contributed by atoms with E-state index >= 15 is 0 Å². The third kappa shape index (κ3) is 2.30. The Bertz CT molecular complexity index is 564. The maximum Gasteiger partial charge on any atom is 0.0557 e. The molecule has 0 amide bonds. The van der Waals surface area contributed by atoms with Crippen LogP contribution < -0.4 is 5.73 Å². The molecule has 0 bridgehead atoms. The van der Waals surface area contributed by atoms with E-state index in [1.165, 1.54) is 10.5 Å². The van der Waals surface area contributed by atoms with Crippen LogP contribution in [0.4, 0.5) is 0 Å². The Morgan fingerprint density at radius 1 is 1.42 bits per heavy atom. The third-order valence-electron chi connectivity index (χ3n) is 3.70. The first-order valence-electron chi connectivity index (χ1n) is 6.80. The number of nitrogens with two attached hydrogens (primary N) is 1. The quantitative estimate of drug-likeness (QED) is 0.930. The summed E-state index contributed by atoms with van der Waals surface area (Å²) in [6, 6.07) is 10.7. The second kappa shape index (κ2) is 5.39. The van der Waals surface area contributed by atoms with Crippen LogP contribution in [0.25, 0.3) is 0 Å². The van der Waals surface area contributed by atoms with Crippen molar-refractivity contribution in [2.24, 2.45) is 5.73 Å². The third-order valence-corrected chi connectivity index (χ3v) is 4.91. The number of benzene rings is 1. The number of thioether (sulfide) groups is 1. The highest BCUT2D eigenvalue weighted by molar-refractivity contribution is 7.99. The number of hydrogen-bond donors (Lipinski definition) is 1. The topological polar surface area (TPSA) is 43.8 Å². The van der Waals surface area contributed by atoms with Gasteiger partial charge in [-0.2, -0.15) is 5.10 Å². The molecule has 100 valence electrons. The first-order chi connectivity index (χ1) is 9.31. The van der Waals surface area contributed by atoms with Gasteiger partial charge in [-0.05, 0) is 24.1 Å². The molecule has 0 radical (unpaired) electrons. The Labute approximate surface area is 118 Å². The molecule has 4 heteroatoms. The summed E-state index contributed by atoms with van der Waals surface area (Å²) in [5.41, 5.74) is 9.07. The molecular weight excluding hydrogens is 254 g/mol. The van der Waals surface area contributed by atoms with Crippen LogP contribution in [0.3, 0.4) is 0 Å². The van der Waals surface area contributed by atoms with E-state index in [-0.39, 0.29) is 6.04 Å². The number of hydrogen-bond acceptors (Lipinski definition) is 3. The zero-order valence-electron chi connectivity index (χ0n) is 11.1. The Morgan fingerprint density at radius 2 is 2.26 bits per heavy atom. The normalized spacial score (nSPS) is 19.4. The lowest BCUT2D eigenvalue weighted by molar-refractivity contribution is 0.506. The molecule has 0 saturated heterocycles. The minimum atomic E-state index is 0.0326. The van der Waals surface area contributed by atoms with Gasteiger partial charge in [0, 0.05) is 29.3 Å². The van der Waals surface area contributed by atoms with E-state index in [1.54, 1.807) is 0 Å². The van der Waals surface area contributed by atoms with E-state index in [1.807, 2.05) is 18.0 Å². The van der Waals surface area contributed by atoms with Crippen molar-refractivity contribution in [3.8, 4) is 0 Å². The number of fused-ring (bicyclic) bond motifs is 1. The van der Waals surface area contributed by atoms with Crippen molar-refractivity contribution in [1.29, 1.82) is 0 Å². The summed E-state index contributed by atoms with van der Waals surface area (Å²) in [7, 11) is 0. The molecule has 2 heterocycles. The maximum absolute atomic E-state index is 6.52. The summed E-state index contributed by atoms with van der Waals surface area (Å²) in [6.45, 7) is 3.11. The molecule has 1 aliphatic heterocycles. The molecule has 3 nitrogen and oxygen atoms in total. The fraction of sp³-hybridized carbons (Fsp3) is 0.400. The summed E-state index contributed by atoms with van der Waals surface area (Å²) < 4.78 is 2.05. The maximum atomic E-state index is 6.52. The van der Waals surface area contributed by atoms with Crippen LogP contribution in [-0.4, -0.2) is 15.5 Å². The molecule has 0 spiro atoms. The van der Waals surface area contributed by atoms with Crippen molar-refractivity contribution >= 4 is 11.8 Å². The Balaban J connectivity index is 1.89. The number of aromatic nitrogens is 2. The first-order valence-corrected chi connectivity index (χ1v) is 7.79. The number of nitrogens with zero attached hydrogens (tertiary/aromatic N) is 2. The average Bonchev–Trinajstić information content (AvgIpc) is 3.04. The van der Waals surface area contributed by atoms with Gasteiger partial charge in [-0.25, -0.2) is 0 Å². The van der Waals surface area contributed by atoms with Gasteiger partial charge in [0.15, 0.2) is 0 Å². The minimum Gasteiger partial charge on any atom is -0.322 e. The molecule has 1 aromatic heterocycles. The van der Waals surface area contributed by atoms with E-state index in [0.29, 0.717) is 5.92 Å². The molecule has 0 saturated carbocycles. The smallest absolute Gasteiger partial charge is 0.0557 e. The summed E-state index contributed by atoms with van der Waals surface area (Å²) in [6.07, 6.45) is 2.94. The highest BCUT2D eigenvalue weighted by atomic mass is 32.2. The van der Waals surface area contributed by atoms with Crippen molar-refractivity contribution in [1.82, 2.24) is 9.78 Å². The van der Waals surface area contributed by atoms with Gasteiger partial charge >= 0.3 is 0 Å². The fourth-order valence-corrected chi connectivity index (χ4v) is 4.02. The van der Waals surface area contributed by atoms with Crippen LogP contribution in [-0.2, 0) is 6.54 Å². The van der Waals surface area contributed by atoms with E-state index in [9.17, 15) is 0 Å². The van der Waals surface area contributed by atoms with E-state index < -0.39 is 0 Å². The molecule has 2 unspecified atom stereocenters. The monoisotopic (exact) mass is 273 g/mol. The number of rotatable bonds is 4. The summed E-state index contributed by atoms with van der Waals surface area (Å²) >= 11 is 1.91. The van der Waals surface area contributed by atoms with Gasteiger partial charge in [0.2, 0.25) is 0 Å². The average molecular weight is 273 g/mol. The second-order valence-electron chi connectivity index (χ2n) is 4.96. The number of aryl methyl sites for hydroxylation is 1. The summed E-state index contributed by atoms with van der Waals surface area (Å²) in [5, 5.41) is 4.38. The molecule has 3 rings (SSSR count). The molecule has 0 aliphatic carbocycles. The van der Waals surface area contributed by atoms with Gasteiger partial charge < -0.3 is 5.73 Å². The van der Waals surface area contributed by atoms with Gasteiger partial charge in [0.1, 0.15) is 0 Å². The fourth-order valence-electron chi connectivity index (χ4n) is 2.72. The van der Waals surface area contributed by atoms with Gasteiger partial charge in [0.05, 0.1) is 11.7 Å². The zero-order valence-corrected chi connectivity index (χ0v) is 11.9. The molecule has 0 fully saturated rings. The molecule has 2 N–H and O–H groups in total. The lowest BCUT2D eigenvalue weighted by atomic mass is 9.92. The van der Waals surface area contributed by atoms with E-state index in [0.717, 1.165) is 24.4 Å². The highest BCUT2D eigenvalue weighted by Gasteiger charge is 2.30. The van der Waals surface area contributed by atoms with Gasteiger partial charge in [-0.3, -0.25) is 4.68 Å². The van der Waals surface area contributed by atoms with Crippen LogP contribution in [0.2, 0.25) is 0 Å².